The molecule has 1 aromatic rings. The largest absolute Gasteiger partial charge is 0.312 e. The van der Waals surface area contributed by atoms with Gasteiger partial charge in [0.05, 0.1) is 11.6 Å². The van der Waals surface area contributed by atoms with Crippen molar-refractivity contribution in [3.8, 4) is 6.07 Å². The minimum Gasteiger partial charge on any atom is -0.312 e. The molecule has 104 valence electrons. The first-order valence-electron chi connectivity index (χ1n) is 6.26. The fraction of sp³-hybridized carbons (Fsp3) is 0.500. The van der Waals surface area contributed by atoms with Gasteiger partial charge in [-0.1, -0.05) is 6.42 Å². The van der Waals surface area contributed by atoms with Gasteiger partial charge < -0.3 is 5.32 Å². The van der Waals surface area contributed by atoms with Crippen LogP contribution in [0.4, 0.5) is 8.78 Å². The second-order valence-corrected chi connectivity index (χ2v) is 5.25. The fourth-order valence-corrected chi connectivity index (χ4v) is 2.22. The van der Waals surface area contributed by atoms with E-state index in [1.165, 1.54) is 6.42 Å². The van der Waals surface area contributed by atoms with Crippen molar-refractivity contribution in [2.45, 2.75) is 25.8 Å². The molecule has 0 bridgehead atoms. The molecule has 0 radical (unpaired) electrons. The molecule has 1 aromatic carbocycles. The maximum Gasteiger partial charge on any atom is 0.131 e. The monoisotopic (exact) mass is 284 g/mol. The van der Waals surface area contributed by atoms with Crippen molar-refractivity contribution in [3.63, 3.8) is 0 Å². The van der Waals surface area contributed by atoms with E-state index in [0.29, 0.717) is 0 Å². The van der Waals surface area contributed by atoms with E-state index < -0.39 is 11.6 Å². The van der Waals surface area contributed by atoms with Crippen LogP contribution in [0.15, 0.2) is 12.1 Å². The van der Waals surface area contributed by atoms with Crippen LogP contribution in [0.25, 0.3) is 0 Å². The first kappa shape index (κ1) is 15.9. The summed E-state index contributed by atoms with van der Waals surface area (Å²) in [6.07, 6.45) is 5.36. The number of halogens is 2. The van der Waals surface area contributed by atoms with E-state index >= 15 is 0 Å². The van der Waals surface area contributed by atoms with Crippen molar-refractivity contribution in [2.24, 2.45) is 0 Å². The molecule has 5 heteroatoms. The van der Waals surface area contributed by atoms with Crippen molar-refractivity contribution in [3.05, 3.63) is 34.9 Å². The molecule has 0 saturated heterocycles. The lowest BCUT2D eigenvalue weighted by molar-refractivity contribution is 0.529. The van der Waals surface area contributed by atoms with Crippen LogP contribution in [-0.2, 0) is 6.54 Å². The Hall–Kier alpha value is -1.12. The summed E-state index contributed by atoms with van der Waals surface area (Å²) in [4.78, 5) is 0. The van der Waals surface area contributed by atoms with Crippen molar-refractivity contribution in [1.82, 2.24) is 5.32 Å². The lowest BCUT2D eigenvalue weighted by atomic mass is 10.1. The lowest BCUT2D eigenvalue weighted by Crippen LogP contribution is -2.17. The van der Waals surface area contributed by atoms with Crippen LogP contribution in [0.5, 0.6) is 0 Å². The predicted molar refractivity (Wildman–Crippen MR) is 75.0 cm³/mol. The van der Waals surface area contributed by atoms with Crippen LogP contribution < -0.4 is 5.32 Å². The molecule has 1 rings (SSSR count). The smallest absolute Gasteiger partial charge is 0.131 e. The number of hydrogen-bond donors (Lipinski definition) is 1. The number of nitriles is 1. The molecule has 0 aliphatic heterocycles. The number of nitrogens with one attached hydrogen (secondary N) is 1. The lowest BCUT2D eigenvalue weighted by Gasteiger charge is -2.07. The minimum absolute atomic E-state index is 0.00288. The fourth-order valence-electron chi connectivity index (χ4n) is 1.72. The second-order valence-electron chi connectivity index (χ2n) is 4.26. The standard InChI is InChI=1S/C14H18F2N2S/c1-19-6-4-2-3-5-18-10-12-13(15)7-11(9-17)8-14(12)16/h7-8,18H,2-6,10H2,1H3. The Bertz CT molecular complexity index is 421. The quantitative estimate of drug-likeness (QED) is 0.743. The molecular weight excluding hydrogens is 266 g/mol. The molecule has 0 atom stereocenters. The zero-order valence-electron chi connectivity index (χ0n) is 11.0. The van der Waals surface area contributed by atoms with Gasteiger partial charge in [-0.3, -0.25) is 0 Å². The number of thioether (sulfide) groups is 1. The summed E-state index contributed by atoms with van der Waals surface area (Å²) >= 11 is 1.82. The maximum absolute atomic E-state index is 13.5. The predicted octanol–water partition coefficient (Wildman–Crippen LogP) is 3.46. The summed E-state index contributed by atoms with van der Waals surface area (Å²) in [5.74, 6) is -0.170. The minimum atomic E-state index is -0.661. The molecule has 0 fully saturated rings. The van der Waals surface area contributed by atoms with Gasteiger partial charge >= 0.3 is 0 Å². The van der Waals surface area contributed by atoms with E-state index in [1.807, 2.05) is 11.8 Å². The van der Waals surface area contributed by atoms with Crippen LogP contribution in [0, 0.1) is 23.0 Å². The van der Waals surface area contributed by atoms with Crippen molar-refractivity contribution >= 4 is 11.8 Å². The maximum atomic E-state index is 13.5. The molecule has 2 nitrogen and oxygen atoms in total. The SMILES string of the molecule is CSCCCCCNCc1c(F)cc(C#N)cc1F. The molecule has 0 aromatic heterocycles. The summed E-state index contributed by atoms with van der Waals surface area (Å²) in [6, 6.07) is 3.87. The van der Waals surface area contributed by atoms with Crippen LogP contribution in [0.3, 0.4) is 0 Å². The Labute approximate surface area is 117 Å². The Morgan fingerprint density at radius 1 is 1.21 bits per heavy atom. The zero-order valence-corrected chi connectivity index (χ0v) is 11.8. The number of unbranched alkanes of at least 4 members (excludes halogenated alkanes) is 2. The zero-order chi connectivity index (χ0) is 14.1. The van der Waals surface area contributed by atoms with E-state index in [4.69, 9.17) is 5.26 Å². The van der Waals surface area contributed by atoms with Crippen molar-refractivity contribution in [2.75, 3.05) is 18.6 Å². The van der Waals surface area contributed by atoms with E-state index in [9.17, 15) is 8.78 Å². The summed E-state index contributed by atoms with van der Waals surface area (Å²) in [6.45, 7) is 0.902. The number of benzene rings is 1. The van der Waals surface area contributed by atoms with Gasteiger partial charge in [0.15, 0.2) is 0 Å². The first-order valence-corrected chi connectivity index (χ1v) is 7.66. The van der Waals surface area contributed by atoms with Crippen LogP contribution in [0.1, 0.15) is 30.4 Å². The summed E-state index contributed by atoms with van der Waals surface area (Å²) in [7, 11) is 0. The van der Waals surface area contributed by atoms with Gasteiger partial charge in [-0.15, -0.1) is 0 Å². The summed E-state index contributed by atoms with van der Waals surface area (Å²) in [5.41, 5.74) is 0.0129. The van der Waals surface area contributed by atoms with E-state index in [2.05, 4.69) is 11.6 Å². The molecule has 0 saturated carbocycles. The van der Waals surface area contributed by atoms with E-state index in [-0.39, 0.29) is 17.7 Å². The van der Waals surface area contributed by atoms with Gasteiger partial charge in [0, 0.05) is 12.1 Å². The second kappa shape index (κ2) is 8.89. The number of rotatable bonds is 8. The average Bonchev–Trinajstić information content (AvgIpc) is 2.40. The Morgan fingerprint density at radius 3 is 2.47 bits per heavy atom. The van der Waals surface area contributed by atoms with Crippen LogP contribution >= 0.6 is 11.8 Å². The Balaban J connectivity index is 2.36. The van der Waals surface area contributed by atoms with Crippen molar-refractivity contribution in [1.29, 1.82) is 5.26 Å². The van der Waals surface area contributed by atoms with Gasteiger partial charge in [-0.05, 0) is 43.5 Å². The average molecular weight is 284 g/mol. The highest BCUT2D eigenvalue weighted by molar-refractivity contribution is 7.98. The molecule has 0 unspecified atom stereocenters. The number of nitrogens with zero attached hydrogens (tertiary/aromatic N) is 1. The number of hydrogen-bond acceptors (Lipinski definition) is 3. The van der Waals surface area contributed by atoms with Crippen LogP contribution in [-0.4, -0.2) is 18.6 Å². The van der Waals surface area contributed by atoms with Gasteiger partial charge in [-0.2, -0.15) is 17.0 Å². The van der Waals surface area contributed by atoms with E-state index in [1.54, 1.807) is 6.07 Å². The molecule has 0 heterocycles. The van der Waals surface area contributed by atoms with Gasteiger partial charge in [0.2, 0.25) is 0 Å². The van der Waals surface area contributed by atoms with Crippen LogP contribution in [0.2, 0.25) is 0 Å². The molecular formula is C14H18F2N2S. The molecule has 0 aliphatic rings. The highest BCUT2D eigenvalue weighted by Gasteiger charge is 2.10. The topological polar surface area (TPSA) is 35.8 Å². The van der Waals surface area contributed by atoms with Crippen molar-refractivity contribution < 1.29 is 8.78 Å². The van der Waals surface area contributed by atoms with E-state index in [0.717, 1.165) is 37.3 Å². The third-order valence-electron chi connectivity index (χ3n) is 2.77. The molecule has 19 heavy (non-hydrogen) atoms. The Kier molecular flexibility index (Phi) is 7.46. The third kappa shape index (κ3) is 5.58. The molecule has 0 spiro atoms. The third-order valence-corrected chi connectivity index (χ3v) is 3.47. The summed E-state index contributed by atoms with van der Waals surface area (Å²) < 4.78 is 27.1. The summed E-state index contributed by atoms with van der Waals surface area (Å²) in [5, 5.41) is 11.6. The first-order chi connectivity index (χ1) is 9.19. The molecule has 1 N–H and O–H groups in total. The highest BCUT2D eigenvalue weighted by atomic mass is 32.2. The van der Waals surface area contributed by atoms with Gasteiger partial charge in [0.1, 0.15) is 11.6 Å². The molecule has 0 amide bonds. The normalized spacial score (nSPS) is 10.4. The molecule has 0 aliphatic carbocycles. The Morgan fingerprint density at radius 2 is 1.89 bits per heavy atom. The highest BCUT2D eigenvalue weighted by Crippen LogP contribution is 2.15. The van der Waals surface area contributed by atoms with Gasteiger partial charge in [-0.25, -0.2) is 8.78 Å². The van der Waals surface area contributed by atoms with Gasteiger partial charge in [0.25, 0.3) is 0 Å².